The topological polar surface area (TPSA) is 111 Å². The van der Waals surface area contributed by atoms with Crippen molar-refractivity contribution in [1.29, 1.82) is 0 Å². The van der Waals surface area contributed by atoms with Crippen LogP contribution in [0.4, 0.5) is 5.82 Å². The molecule has 0 saturated carbocycles. The van der Waals surface area contributed by atoms with Crippen LogP contribution in [0.1, 0.15) is 53.0 Å². The molecule has 2 heterocycles. The molecule has 1 amide bonds. The van der Waals surface area contributed by atoms with Gasteiger partial charge in [0.05, 0.1) is 45.5 Å². The molecule has 0 fully saturated rings. The van der Waals surface area contributed by atoms with Gasteiger partial charge in [-0.3, -0.25) is 9.59 Å². The lowest BCUT2D eigenvalue weighted by Crippen LogP contribution is -2.38. The average molecular weight is 531 g/mol. The molecule has 0 spiro atoms. The van der Waals surface area contributed by atoms with Crippen molar-refractivity contribution in [1.82, 2.24) is 14.5 Å². The number of aryl methyl sites for hydroxylation is 3. The Morgan fingerprint density at radius 1 is 1.13 bits per heavy atom. The van der Waals surface area contributed by atoms with Crippen molar-refractivity contribution in [3.8, 4) is 0 Å². The second kappa shape index (κ2) is 9.47. The Labute approximate surface area is 222 Å². The first-order chi connectivity index (χ1) is 18.0. The fourth-order valence-corrected chi connectivity index (χ4v) is 6.04. The van der Waals surface area contributed by atoms with Crippen LogP contribution >= 0.6 is 0 Å². The van der Waals surface area contributed by atoms with Crippen LogP contribution in [0.25, 0.3) is 11.0 Å². The summed E-state index contributed by atoms with van der Waals surface area (Å²) in [7, 11) is -1.34. The number of benzene rings is 2. The van der Waals surface area contributed by atoms with Crippen LogP contribution in [0.3, 0.4) is 0 Å². The van der Waals surface area contributed by atoms with Gasteiger partial charge in [0.1, 0.15) is 5.82 Å². The zero-order chi connectivity index (χ0) is 27.2. The van der Waals surface area contributed by atoms with E-state index in [1.807, 2.05) is 43.7 Å². The molecular formula is C29H30N4O4S. The molecule has 0 radical (unpaired) electrons. The number of sulfone groups is 1. The first kappa shape index (κ1) is 25.8. The summed E-state index contributed by atoms with van der Waals surface area (Å²) in [5, 5.41) is 2.84. The molecule has 4 aromatic rings. The highest BCUT2D eigenvalue weighted by Crippen LogP contribution is 2.40. The number of hydrogen-bond donors (Lipinski definition) is 1. The highest BCUT2D eigenvalue weighted by Gasteiger charge is 2.41. The Hall–Kier alpha value is -3.85. The van der Waals surface area contributed by atoms with Crippen molar-refractivity contribution < 1.29 is 18.0 Å². The zero-order valence-corrected chi connectivity index (χ0v) is 22.7. The van der Waals surface area contributed by atoms with Gasteiger partial charge in [-0.2, -0.15) is 0 Å². The summed E-state index contributed by atoms with van der Waals surface area (Å²) in [5.74, 6) is 0.192. The third kappa shape index (κ3) is 4.51. The minimum Gasteiger partial charge on any atom is -0.334 e. The maximum atomic E-state index is 13.8. The maximum absolute atomic E-state index is 13.8. The van der Waals surface area contributed by atoms with Gasteiger partial charge < -0.3 is 9.88 Å². The number of fused-ring (bicyclic) bond motifs is 2. The van der Waals surface area contributed by atoms with E-state index in [1.54, 1.807) is 31.5 Å². The van der Waals surface area contributed by atoms with Crippen LogP contribution < -0.4 is 5.32 Å². The van der Waals surface area contributed by atoms with Crippen LogP contribution in [0.5, 0.6) is 0 Å². The van der Waals surface area contributed by atoms with Crippen molar-refractivity contribution in [3.63, 3.8) is 0 Å². The van der Waals surface area contributed by atoms with Gasteiger partial charge in [-0.15, -0.1) is 0 Å². The number of Topliss-reactive ketones (excluding diaryl/α,β-unsaturated/α-hetero) is 1. The highest BCUT2D eigenvalue weighted by atomic mass is 32.2. The minimum atomic E-state index is -3.29. The number of nitrogens with zero attached hydrogens (tertiary/aromatic N) is 3. The molecule has 0 aliphatic heterocycles. The maximum Gasteiger partial charge on any atom is 0.229 e. The Morgan fingerprint density at radius 2 is 1.87 bits per heavy atom. The van der Waals surface area contributed by atoms with Crippen LogP contribution in [-0.4, -0.2) is 40.4 Å². The van der Waals surface area contributed by atoms with E-state index in [9.17, 15) is 18.0 Å². The standard InChI is InChI=1S/C29H30N4O4S/c1-5-38(36,37)21-9-6-19(7-10-21)15-26(34)32-25-14-18(2)27-22(31-25)12-13-29(3,28(27)35)20-8-11-24-23(16-20)30-17-33(24)4/h6-11,14,16-17H,5,12-13,15H2,1-4H3,(H,31,32,34). The minimum absolute atomic E-state index is 0.0251. The molecule has 196 valence electrons. The lowest BCUT2D eigenvalue weighted by atomic mass is 9.68. The normalized spacial score (nSPS) is 17.4. The van der Waals surface area contributed by atoms with E-state index in [0.717, 1.165) is 22.2 Å². The van der Waals surface area contributed by atoms with Crippen molar-refractivity contribution in [2.24, 2.45) is 7.05 Å². The zero-order valence-electron chi connectivity index (χ0n) is 21.9. The number of amides is 1. The smallest absolute Gasteiger partial charge is 0.229 e. The lowest BCUT2D eigenvalue weighted by Gasteiger charge is -2.34. The molecule has 0 saturated heterocycles. The lowest BCUT2D eigenvalue weighted by molar-refractivity contribution is -0.115. The number of aromatic nitrogens is 3. The summed E-state index contributed by atoms with van der Waals surface area (Å²) in [6.07, 6.45) is 3.06. The Bertz CT molecular complexity index is 1690. The first-order valence-corrected chi connectivity index (χ1v) is 14.3. The van der Waals surface area contributed by atoms with Gasteiger partial charge in [-0.05, 0) is 73.7 Å². The summed E-state index contributed by atoms with van der Waals surface area (Å²) in [4.78, 5) is 35.8. The number of ketones is 1. The first-order valence-electron chi connectivity index (χ1n) is 12.6. The van der Waals surface area contributed by atoms with E-state index >= 15 is 0 Å². The SMILES string of the molecule is CCS(=O)(=O)c1ccc(CC(=O)Nc2cc(C)c3c(n2)CCC(C)(c2ccc4c(c2)ncn4C)C3=O)cc1. The van der Waals surface area contributed by atoms with Crippen LogP contribution in [-0.2, 0) is 39.9 Å². The van der Waals surface area contributed by atoms with Gasteiger partial charge in [0.15, 0.2) is 15.6 Å². The van der Waals surface area contributed by atoms with Crippen molar-refractivity contribution in [3.05, 3.63) is 82.8 Å². The Balaban J connectivity index is 1.34. The van der Waals surface area contributed by atoms with Gasteiger partial charge in [0, 0.05) is 12.6 Å². The number of carbonyl (C=O) groups is 2. The number of hydrogen-bond acceptors (Lipinski definition) is 6. The van der Waals surface area contributed by atoms with Crippen LogP contribution in [0.15, 0.2) is 59.8 Å². The monoisotopic (exact) mass is 530 g/mol. The summed E-state index contributed by atoms with van der Waals surface area (Å²) < 4.78 is 26.0. The van der Waals surface area contributed by atoms with Gasteiger partial charge in [0.2, 0.25) is 5.91 Å². The number of pyridine rings is 1. The molecule has 1 aliphatic carbocycles. The van der Waals surface area contributed by atoms with Crippen LogP contribution in [0, 0.1) is 6.92 Å². The molecule has 2 aromatic heterocycles. The third-order valence-electron chi connectivity index (χ3n) is 7.54. The number of carbonyl (C=O) groups excluding carboxylic acids is 2. The van der Waals surface area contributed by atoms with Gasteiger partial charge in [-0.1, -0.05) is 25.1 Å². The van der Waals surface area contributed by atoms with E-state index in [0.29, 0.717) is 35.5 Å². The number of nitrogens with one attached hydrogen (secondary N) is 1. The van der Waals surface area contributed by atoms with Gasteiger partial charge in [-0.25, -0.2) is 18.4 Å². The number of rotatable bonds is 6. The molecule has 38 heavy (non-hydrogen) atoms. The Kier molecular flexibility index (Phi) is 6.43. The summed E-state index contributed by atoms with van der Waals surface area (Å²) in [5.41, 5.74) is 4.90. The van der Waals surface area contributed by atoms with E-state index in [1.165, 1.54) is 12.1 Å². The van der Waals surface area contributed by atoms with Gasteiger partial charge >= 0.3 is 0 Å². The fraction of sp³-hybridized carbons (Fsp3) is 0.310. The van der Waals surface area contributed by atoms with Crippen molar-refractivity contribution in [2.45, 2.75) is 50.3 Å². The van der Waals surface area contributed by atoms with E-state index in [4.69, 9.17) is 0 Å². The molecule has 2 aromatic carbocycles. The molecule has 8 nitrogen and oxygen atoms in total. The van der Waals surface area contributed by atoms with E-state index in [-0.39, 0.29) is 28.8 Å². The van der Waals surface area contributed by atoms with E-state index in [2.05, 4.69) is 15.3 Å². The summed E-state index contributed by atoms with van der Waals surface area (Å²) in [6.45, 7) is 5.45. The highest BCUT2D eigenvalue weighted by molar-refractivity contribution is 7.91. The second-order valence-corrected chi connectivity index (χ2v) is 12.4. The molecule has 9 heteroatoms. The Morgan fingerprint density at radius 3 is 2.58 bits per heavy atom. The largest absolute Gasteiger partial charge is 0.334 e. The number of imidazole rings is 1. The summed E-state index contributed by atoms with van der Waals surface area (Å²) in [6, 6.07) is 14.1. The molecule has 1 atom stereocenters. The fourth-order valence-electron chi connectivity index (χ4n) is 5.16. The number of anilines is 1. The van der Waals surface area contributed by atoms with Gasteiger partial charge in [0.25, 0.3) is 0 Å². The van der Waals surface area contributed by atoms with Crippen molar-refractivity contribution in [2.75, 3.05) is 11.1 Å². The van der Waals surface area contributed by atoms with Crippen molar-refractivity contribution >= 4 is 38.4 Å². The molecule has 0 bridgehead atoms. The second-order valence-electron chi connectivity index (χ2n) is 10.1. The third-order valence-corrected chi connectivity index (χ3v) is 9.29. The van der Waals surface area contributed by atoms with Crippen LogP contribution in [0.2, 0.25) is 0 Å². The average Bonchev–Trinajstić information content (AvgIpc) is 3.26. The summed E-state index contributed by atoms with van der Waals surface area (Å²) >= 11 is 0. The molecular weight excluding hydrogens is 500 g/mol. The molecule has 5 rings (SSSR count). The molecule has 1 N–H and O–H groups in total. The molecule has 1 unspecified atom stereocenters. The molecule has 1 aliphatic rings. The predicted molar refractivity (Wildman–Crippen MR) is 146 cm³/mol. The predicted octanol–water partition coefficient (Wildman–Crippen LogP) is 4.34. The van der Waals surface area contributed by atoms with E-state index < -0.39 is 15.3 Å². The quantitative estimate of drug-likeness (QED) is 0.397.